The molecule has 1 aromatic carbocycles. The summed E-state index contributed by atoms with van der Waals surface area (Å²) < 4.78 is 27.1. The van der Waals surface area contributed by atoms with Gasteiger partial charge in [-0.2, -0.15) is 0 Å². The maximum atomic E-state index is 13.5. The summed E-state index contributed by atoms with van der Waals surface area (Å²) in [6.07, 6.45) is 1.21. The molecule has 2 aromatic rings. The van der Waals surface area contributed by atoms with Crippen LogP contribution in [0.1, 0.15) is 10.4 Å². The van der Waals surface area contributed by atoms with Crippen LogP contribution in [0.4, 0.5) is 8.78 Å². The van der Waals surface area contributed by atoms with Crippen molar-refractivity contribution in [1.82, 2.24) is 4.57 Å². The smallest absolute Gasteiger partial charge is 0.341 e. The molecule has 0 saturated carbocycles. The molecule has 0 aliphatic rings. The van der Waals surface area contributed by atoms with Gasteiger partial charge in [-0.3, -0.25) is 9.36 Å². The van der Waals surface area contributed by atoms with Crippen molar-refractivity contribution in [3.8, 4) is 5.69 Å². The summed E-state index contributed by atoms with van der Waals surface area (Å²) in [5.74, 6) is -3.13. The number of halogens is 2. The molecule has 1 N–H and O–H groups in total. The molecule has 0 amide bonds. The van der Waals surface area contributed by atoms with E-state index in [2.05, 4.69) is 0 Å². The van der Waals surface area contributed by atoms with Crippen LogP contribution in [0.5, 0.6) is 0 Å². The van der Waals surface area contributed by atoms with Crippen molar-refractivity contribution in [1.29, 1.82) is 0 Å². The number of aromatic nitrogens is 1. The van der Waals surface area contributed by atoms with E-state index in [0.717, 1.165) is 22.8 Å². The summed E-state index contributed by atoms with van der Waals surface area (Å²) in [4.78, 5) is 22.5. The van der Waals surface area contributed by atoms with Crippen LogP contribution in [0.15, 0.2) is 41.3 Å². The topological polar surface area (TPSA) is 59.3 Å². The van der Waals surface area contributed by atoms with Gasteiger partial charge in [0.25, 0.3) is 5.56 Å². The molecule has 0 spiro atoms. The van der Waals surface area contributed by atoms with Gasteiger partial charge in [0.2, 0.25) is 0 Å². The van der Waals surface area contributed by atoms with Gasteiger partial charge in [0.05, 0.1) is 5.69 Å². The number of hydrogen-bond donors (Lipinski definition) is 1. The molecule has 4 nitrogen and oxygen atoms in total. The zero-order chi connectivity index (χ0) is 13.3. The normalized spacial score (nSPS) is 10.3. The summed E-state index contributed by atoms with van der Waals surface area (Å²) in [7, 11) is 0. The van der Waals surface area contributed by atoms with E-state index in [0.29, 0.717) is 6.07 Å². The van der Waals surface area contributed by atoms with Crippen LogP contribution < -0.4 is 5.56 Å². The van der Waals surface area contributed by atoms with E-state index >= 15 is 0 Å². The van der Waals surface area contributed by atoms with Gasteiger partial charge >= 0.3 is 5.97 Å². The average molecular weight is 251 g/mol. The van der Waals surface area contributed by atoms with Crippen molar-refractivity contribution in [3.63, 3.8) is 0 Å². The Kier molecular flexibility index (Phi) is 2.93. The molecule has 0 aliphatic carbocycles. The van der Waals surface area contributed by atoms with E-state index < -0.39 is 28.7 Å². The molecule has 18 heavy (non-hydrogen) atoms. The van der Waals surface area contributed by atoms with Crippen molar-refractivity contribution in [2.75, 3.05) is 0 Å². The first-order valence-electron chi connectivity index (χ1n) is 4.91. The summed E-state index contributed by atoms with van der Waals surface area (Å²) in [5, 5.41) is 8.78. The van der Waals surface area contributed by atoms with Gasteiger partial charge in [-0.15, -0.1) is 0 Å². The molecule has 0 fully saturated rings. The number of carboxylic acid groups (broad SMARTS) is 1. The quantitative estimate of drug-likeness (QED) is 0.885. The van der Waals surface area contributed by atoms with Gasteiger partial charge in [-0.05, 0) is 24.3 Å². The summed E-state index contributed by atoms with van der Waals surface area (Å²) in [6.45, 7) is 0. The Morgan fingerprint density at radius 3 is 2.56 bits per heavy atom. The minimum atomic E-state index is -1.41. The van der Waals surface area contributed by atoms with E-state index in [1.165, 1.54) is 12.3 Å². The summed E-state index contributed by atoms with van der Waals surface area (Å²) in [6, 6.07) is 5.08. The molecular weight excluding hydrogens is 244 g/mol. The van der Waals surface area contributed by atoms with Crippen molar-refractivity contribution in [2.24, 2.45) is 0 Å². The monoisotopic (exact) mass is 251 g/mol. The molecule has 0 aliphatic heterocycles. The van der Waals surface area contributed by atoms with Gasteiger partial charge in [0.1, 0.15) is 17.2 Å². The van der Waals surface area contributed by atoms with Crippen molar-refractivity contribution >= 4 is 5.97 Å². The highest BCUT2D eigenvalue weighted by molar-refractivity contribution is 5.87. The van der Waals surface area contributed by atoms with Crippen molar-refractivity contribution in [3.05, 3.63) is 64.1 Å². The molecule has 0 unspecified atom stereocenters. The lowest BCUT2D eigenvalue weighted by atomic mass is 10.2. The third kappa shape index (κ3) is 2.00. The van der Waals surface area contributed by atoms with Gasteiger partial charge in [0.15, 0.2) is 0 Å². The maximum Gasteiger partial charge on any atom is 0.341 e. The fourth-order valence-corrected chi connectivity index (χ4v) is 1.52. The number of pyridine rings is 1. The number of nitrogens with zero attached hydrogens (tertiary/aromatic N) is 1. The minimum absolute atomic E-state index is 0.204. The fraction of sp³-hybridized carbons (Fsp3) is 0. The van der Waals surface area contributed by atoms with Crippen LogP contribution in [0.3, 0.4) is 0 Å². The molecule has 0 saturated heterocycles. The number of carboxylic acids is 1. The highest BCUT2D eigenvalue weighted by Gasteiger charge is 2.13. The Labute approximate surface area is 99.7 Å². The molecule has 2 rings (SSSR count). The van der Waals surface area contributed by atoms with Crippen LogP contribution in [0, 0.1) is 11.6 Å². The minimum Gasteiger partial charge on any atom is -0.477 e. The van der Waals surface area contributed by atoms with E-state index in [9.17, 15) is 18.4 Å². The molecule has 0 atom stereocenters. The van der Waals surface area contributed by atoms with Gasteiger partial charge in [-0.1, -0.05) is 0 Å². The van der Waals surface area contributed by atoms with Gasteiger partial charge in [0, 0.05) is 12.3 Å². The Morgan fingerprint density at radius 2 is 1.94 bits per heavy atom. The SMILES string of the molecule is O=C(O)c1cccn(-c2ccc(F)cc2F)c1=O. The number of aromatic carboxylic acids is 1. The number of hydrogen-bond acceptors (Lipinski definition) is 2. The molecule has 1 heterocycles. The Balaban J connectivity index is 2.69. The first-order chi connectivity index (χ1) is 8.50. The maximum absolute atomic E-state index is 13.5. The molecule has 0 radical (unpaired) electrons. The third-order valence-electron chi connectivity index (χ3n) is 2.35. The van der Waals surface area contributed by atoms with Crippen molar-refractivity contribution < 1.29 is 18.7 Å². The predicted octanol–water partition coefficient (Wildman–Crippen LogP) is 1.81. The lowest BCUT2D eigenvalue weighted by molar-refractivity contribution is 0.0694. The van der Waals surface area contributed by atoms with E-state index in [4.69, 9.17) is 5.11 Å². The van der Waals surface area contributed by atoms with Crippen LogP contribution in [0.2, 0.25) is 0 Å². The Morgan fingerprint density at radius 1 is 1.22 bits per heavy atom. The van der Waals surface area contributed by atoms with Gasteiger partial charge < -0.3 is 5.11 Å². The molecular formula is C12H7F2NO3. The lowest BCUT2D eigenvalue weighted by Gasteiger charge is -2.07. The second kappa shape index (κ2) is 4.40. The van der Waals surface area contributed by atoms with Crippen LogP contribution in [-0.2, 0) is 0 Å². The molecule has 6 heteroatoms. The van der Waals surface area contributed by atoms with E-state index in [-0.39, 0.29) is 5.69 Å². The largest absolute Gasteiger partial charge is 0.477 e. The predicted molar refractivity (Wildman–Crippen MR) is 58.9 cm³/mol. The Hall–Kier alpha value is -2.50. The Bertz CT molecular complexity index is 679. The van der Waals surface area contributed by atoms with Crippen LogP contribution >= 0.6 is 0 Å². The first-order valence-corrected chi connectivity index (χ1v) is 4.91. The van der Waals surface area contributed by atoms with Crippen LogP contribution in [0.25, 0.3) is 5.69 Å². The zero-order valence-corrected chi connectivity index (χ0v) is 8.93. The lowest BCUT2D eigenvalue weighted by Crippen LogP contribution is -2.25. The molecule has 92 valence electrons. The standard InChI is InChI=1S/C12H7F2NO3/c13-7-3-4-10(9(14)6-7)15-5-1-2-8(11(15)16)12(17)18/h1-6H,(H,17,18). The zero-order valence-electron chi connectivity index (χ0n) is 8.93. The van der Waals surface area contributed by atoms with E-state index in [1.807, 2.05) is 0 Å². The van der Waals surface area contributed by atoms with E-state index in [1.54, 1.807) is 0 Å². The second-order valence-electron chi connectivity index (χ2n) is 3.50. The molecule has 1 aromatic heterocycles. The summed E-state index contributed by atoms with van der Waals surface area (Å²) >= 11 is 0. The second-order valence-corrected chi connectivity index (χ2v) is 3.50. The highest BCUT2D eigenvalue weighted by Crippen LogP contribution is 2.13. The van der Waals surface area contributed by atoms with Crippen LogP contribution in [-0.4, -0.2) is 15.6 Å². The first kappa shape index (κ1) is 12.0. The number of carbonyl (C=O) groups is 1. The third-order valence-corrected chi connectivity index (χ3v) is 2.35. The molecule has 0 bridgehead atoms. The number of rotatable bonds is 2. The van der Waals surface area contributed by atoms with Gasteiger partial charge in [-0.25, -0.2) is 13.6 Å². The fourth-order valence-electron chi connectivity index (χ4n) is 1.52. The summed E-state index contributed by atoms with van der Waals surface area (Å²) in [5.41, 5.74) is -1.57. The highest BCUT2D eigenvalue weighted by atomic mass is 19.1. The number of benzene rings is 1. The van der Waals surface area contributed by atoms with Crippen molar-refractivity contribution in [2.45, 2.75) is 0 Å². The average Bonchev–Trinajstić information content (AvgIpc) is 2.30.